The molecule has 1 aliphatic rings. The summed E-state index contributed by atoms with van der Waals surface area (Å²) in [5.41, 5.74) is 0.751. The van der Waals surface area contributed by atoms with Crippen LogP contribution in [0.2, 0.25) is 0 Å². The van der Waals surface area contributed by atoms with E-state index in [9.17, 15) is 4.79 Å². The van der Waals surface area contributed by atoms with Crippen molar-refractivity contribution in [3.63, 3.8) is 0 Å². The van der Waals surface area contributed by atoms with Crippen LogP contribution < -0.4 is 10.1 Å². The van der Waals surface area contributed by atoms with Gasteiger partial charge in [0.15, 0.2) is 0 Å². The van der Waals surface area contributed by atoms with Crippen molar-refractivity contribution in [3.8, 4) is 5.75 Å². The first-order valence-electron chi connectivity index (χ1n) is 8.45. The molecule has 4 heteroatoms. The van der Waals surface area contributed by atoms with Crippen molar-refractivity contribution in [1.29, 1.82) is 0 Å². The number of hydrogen-bond acceptors (Lipinski definition) is 3. The van der Waals surface area contributed by atoms with Crippen LogP contribution in [0.15, 0.2) is 24.3 Å². The molecule has 1 aliphatic carbocycles. The zero-order valence-electron chi connectivity index (χ0n) is 14.7. The van der Waals surface area contributed by atoms with Crippen molar-refractivity contribution < 1.29 is 14.3 Å². The van der Waals surface area contributed by atoms with Crippen molar-refractivity contribution in [2.24, 2.45) is 5.92 Å². The summed E-state index contributed by atoms with van der Waals surface area (Å²) in [6.07, 6.45) is 3.00. The van der Waals surface area contributed by atoms with Gasteiger partial charge in [-0.25, -0.2) is 0 Å². The van der Waals surface area contributed by atoms with Crippen molar-refractivity contribution in [2.75, 3.05) is 20.3 Å². The average Bonchev–Trinajstić information content (AvgIpc) is 3.35. The number of ether oxygens (including phenoxy) is 2. The Morgan fingerprint density at radius 2 is 2.04 bits per heavy atom. The predicted molar refractivity (Wildman–Crippen MR) is 91.8 cm³/mol. The second-order valence-corrected chi connectivity index (χ2v) is 7.14. The van der Waals surface area contributed by atoms with Gasteiger partial charge in [-0.1, -0.05) is 25.1 Å². The third-order valence-electron chi connectivity index (χ3n) is 4.28. The number of carbonyl (C=O) groups excluding carboxylic acids is 1. The highest BCUT2D eigenvalue weighted by atomic mass is 16.5. The van der Waals surface area contributed by atoms with Crippen LogP contribution >= 0.6 is 0 Å². The van der Waals surface area contributed by atoms with E-state index in [1.54, 1.807) is 7.11 Å². The summed E-state index contributed by atoms with van der Waals surface area (Å²) < 4.78 is 11.3. The van der Waals surface area contributed by atoms with Crippen LogP contribution in [0, 0.1) is 5.92 Å². The number of para-hydroxylation sites is 1. The van der Waals surface area contributed by atoms with Gasteiger partial charge < -0.3 is 14.8 Å². The average molecular weight is 319 g/mol. The second kappa shape index (κ2) is 7.82. The van der Waals surface area contributed by atoms with Crippen LogP contribution in [0.4, 0.5) is 0 Å². The smallest absolute Gasteiger partial charge is 0.220 e. The molecule has 1 N–H and O–H groups in total. The minimum absolute atomic E-state index is 0.0477. The zero-order valence-corrected chi connectivity index (χ0v) is 14.7. The Hall–Kier alpha value is -1.55. The lowest BCUT2D eigenvalue weighted by molar-refractivity contribution is -0.123. The molecule has 1 amide bonds. The minimum atomic E-state index is -0.314. The summed E-state index contributed by atoms with van der Waals surface area (Å²) in [6.45, 7) is 7.45. The molecule has 0 heterocycles. The van der Waals surface area contributed by atoms with Crippen molar-refractivity contribution in [2.45, 2.75) is 51.6 Å². The number of nitrogens with one attached hydrogen (secondary N) is 1. The highest BCUT2D eigenvalue weighted by Crippen LogP contribution is 2.30. The summed E-state index contributed by atoms with van der Waals surface area (Å²) in [4.78, 5) is 12.2. The van der Waals surface area contributed by atoms with E-state index < -0.39 is 0 Å². The fourth-order valence-electron chi connectivity index (χ4n) is 2.52. The van der Waals surface area contributed by atoms with Gasteiger partial charge in [0.1, 0.15) is 5.75 Å². The Kier molecular flexibility index (Phi) is 6.05. The summed E-state index contributed by atoms with van der Waals surface area (Å²) >= 11 is 0. The van der Waals surface area contributed by atoms with Crippen LogP contribution in [0.25, 0.3) is 0 Å². The van der Waals surface area contributed by atoms with Crippen LogP contribution in [0.1, 0.15) is 51.5 Å². The Morgan fingerprint density at radius 1 is 1.35 bits per heavy atom. The van der Waals surface area contributed by atoms with Gasteiger partial charge in [0, 0.05) is 13.0 Å². The van der Waals surface area contributed by atoms with Crippen molar-refractivity contribution in [3.05, 3.63) is 29.8 Å². The van der Waals surface area contributed by atoms with Gasteiger partial charge in [0.05, 0.1) is 19.3 Å². The van der Waals surface area contributed by atoms with Gasteiger partial charge in [-0.05, 0) is 50.2 Å². The molecule has 0 bridgehead atoms. The third kappa shape index (κ3) is 5.87. The number of hydrogen-bond donors (Lipinski definition) is 1. The van der Waals surface area contributed by atoms with E-state index in [2.05, 4.69) is 5.32 Å². The molecule has 1 aromatic carbocycles. The molecule has 1 atom stereocenters. The Morgan fingerprint density at radius 3 is 2.70 bits per heavy atom. The monoisotopic (exact) mass is 319 g/mol. The van der Waals surface area contributed by atoms with Gasteiger partial charge in [-0.2, -0.15) is 0 Å². The summed E-state index contributed by atoms with van der Waals surface area (Å²) in [6, 6.07) is 7.86. The van der Waals surface area contributed by atoms with E-state index in [4.69, 9.17) is 9.47 Å². The standard InChI is InChI=1S/C19H29NO3/c1-14(16-7-5-6-8-17(16)22-4)11-18(21)20-13-19(2,3)23-12-15-9-10-15/h5-8,14-15H,9-13H2,1-4H3,(H,20,21). The minimum Gasteiger partial charge on any atom is -0.496 e. The van der Waals surface area contributed by atoms with Crippen molar-refractivity contribution >= 4 is 5.91 Å². The molecule has 128 valence electrons. The number of rotatable bonds is 9. The fourth-order valence-corrected chi connectivity index (χ4v) is 2.52. The maximum atomic E-state index is 12.2. The van der Waals surface area contributed by atoms with Gasteiger partial charge in [0.2, 0.25) is 5.91 Å². The summed E-state index contributed by atoms with van der Waals surface area (Å²) in [5, 5.41) is 3.00. The van der Waals surface area contributed by atoms with Crippen LogP contribution in [0.3, 0.4) is 0 Å². The molecule has 23 heavy (non-hydrogen) atoms. The van der Waals surface area contributed by atoms with E-state index in [1.807, 2.05) is 45.0 Å². The molecule has 0 saturated heterocycles. The number of methoxy groups -OCH3 is 1. The van der Waals surface area contributed by atoms with E-state index in [-0.39, 0.29) is 17.4 Å². The molecule has 1 aromatic rings. The van der Waals surface area contributed by atoms with Gasteiger partial charge in [-0.3, -0.25) is 4.79 Å². The lowest BCUT2D eigenvalue weighted by Crippen LogP contribution is -2.41. The number of amides is 1. The highest BCUT2D eigenvalue weighted by molar-refractivity contribution is 5.77. The first-order valence-corrected chi connectivity index (χ1v) is 8.45. The molecule has 1 fully saturated rings. The molecule has 0 spiro atoms. The highest BCUT2D eigenvalue weighted by Gasteiger charge is 2.27. The Bertz CT molecular complexity index is 523. The Labute approximate surface area is 139 Å². The molecule has 0 aromatic heterocycles. The number of carbonyl (C=O) groups is 1. The first kappa shape index (κ1) is 17.8. The van der Waals surface area contributed by atoms with Gasteiger partial charge in [-0.15, -0.1) is 0 Å². The van der Waals surface area contributed by atoms with E-state index in [0.717, 1.165) is 23.8 Å². The van der Waals surface area contributed by atoms with Crippen LogP contribution in [-0.2, 0) is 9.53 Å². The molecular weight excluding hydrogens is 290 g/mol. The lowest BCUT2D eigenvalue weighted by Gasteiger charge is -2.26. The quantitative estimate of drug-likeness (QED) is 0.757. The van der Waals surface area contributed by atoms with E-state index >= 15 is 0 Å². The molecule has 4 nitrogen and oxygen atoms in total. The van der Waals surface area contributed by atoms with Gasteiger partial charge in [0.25, 0.3) is 0 Å². The molecule has 2 rings (SSSR count). The predicted octanol–water partition coefficient (Wildman–Crippen LogP) is 3.51. The summed E-state index contributed by atoms with van der Waals surface area (Å²) in [7, 11) is 1.66. The van der Waals surface area contributed by atoms with Crippen LogP contribution in [-0.4, -0.2) is 31.8 Å². The Balaban J connectivity index is 1.79. The topological polar surface area (TPSA) is 47.6 Å². The SMILES string of the molecule is COc1ccccc1C(C)CC(=O)NCC(C)(C)OCC1CC1. The molecule has 0 aliphatic heterocycles. The molecule has 1 unspecified atom stereocenters. The summed E-state index contributed by atoms with van der Waals surface area (Å²) in [5.74, 6) is 1.73. The normalized spacial score (nSPS) is 16.0. The second-order valence-electron chi connectivity index (χ2n) is 7.14. The van der Waals surface area contributed by atoms with Crippen molar-refractivity contribution in [1.82, 2.24) is 5.32 Å². The van der Waals surface area contributed by atoms with Gasteiger partial charge >= 0.3 is 0 Å². The number of benzene rings is 1. The first-order chi connectivity index (χ1) is 10.9. The van der Waals surface area contributed by atoms with E-state index in [0.29, 0.717) is 13.0 Å². The fraction of sp³-hybridized carbons (Fsp3) is 0.632. The maximum Gasteiger partial charge on any atom is 0.220 e. The van der Waals surface area contributed by atoms with E-state index in [1.165, 1.54) is 12.8 Å². The zero-order chi connectivity index (χ0) is 16.9. The largest absolute Gasteiger partial charge is 0.496 e. The molecular formula is C19H29NO3. The van der Waals surface area contributed by atoms with Crippen LogP contribution in [0.5, 0.6) is 5.75 Å². The lowest BCUT2D eigenvalue weighted by atomic mass is 9.96. The molecule has 0 radical (unpaired) electrons. The molecule has 1 saturated carbocycles. The maximum absolute atomic E-state index is 12.2. The third-order valence-corrected chi connectivity index (χ3v) is 4.28.